The Labute approximate surface area is 85.2 Å². The molecule has 0 aliphatic rings. The van der Waals surface area contributed by atoms with E-state index in [1.54, 1.807) is 6.20 Å². The first-order valence-electron chi connectivity index (χ1n) is 3.88. The highest BCUT2D eigenvalue weighted by molar-refractivity contribution is 8.02. The molecule has 13 heavy (non-hydrogen) atoms. The molecule has 1 aromatic rings. The van der Waals surface area contributed by atoms with Gasteiger partial charge in [-0.05, 0) is 5.92 Å². The Bertz CT molecular complexity index is 272. The summed E-state index contributed by atoms with van der Waals surface area (Å²) in [7, 11) is 0. The fourth-order valence-corrected chi connectivity index (χ4v) is 2.60. The molecule has 0 spiro atoms. The van der Waals surface area contributed by atoms with Crippen LogP contribution < -0.4 is 5.11 Å². The van der Waals surface area contributed by atoms with Crippen LogP contribution in [0.4, 0.5) is 0 Å². The number of carbonyl (C=O) groups excluding carboxylic acids is 1. The fourth-order valence-electron chi connectivity index (χ4n) is 0.834. The molecule has 0 N–H and O–H groups in total. The van der Waals surface area contributed by atoms with Crippen LogP contribution in [0.15, 0.2) is 15.9 Å². The van der Waals surface area contributed by atoms with Gasteiger partial charge in [-0.3, -0.25) is 0 Å². The highest BCUT2D eigenvalue weighted by atomic mass is 32.2. The third-order valence-electron chi connectivity index (χ3n) is 1.48. The van der Waals surface area contributed by atoms with Crippen molar-refractivity contribution >= 4 is 29.1 Å². The summed E-state index contributed by atoms with van der Waals surface area (Å²) in [6, 6.07) is 0. The molecule has 1 heterocycles. The molecular formula is C8H10NO2S2-. The van der Waals surface area contributed by atoms with Gasteiger partial charge in [0.15, 0.2) is 0 Å². The molecule has 0 amide bonds. The zero-order valence-electron chi connectivity index (χ0n) is 7.39. The lowest BCUT2D eigenvalue weighted by Gasteiger charge is -2.19. The first kappa shape index (κ1) is 10.5. The number of nitrogens with zero attached hydrogens (tertiary/aromatic N) is 1. The minimum Gasteiger partial charge on any atom is -0.549 e. The van der Waals surface area contributed by atoms with Crippen molar-refractivity contribution in [1.29, 1.82) is 0 Å². The van der Waals surface area contributed by atoms with Crippen molar-refractivity contribution in [3.63, 3.8) is 0 Å². The van der Waals surface area contributed by atoms with Crippen molar-refractivity contribution < 1.29 is 9.90 Å². The number of rotatable bonds is 4. The number of hydrogen-bond donors (Lipinski definition) is 0. The first-order chi connectivity index (χ1) is 6.11. The molecule has 3 nitrogen and oxygen atoms in total. The van der Waals surface area contributed by atoms with Gasteiger partial charge in [0.05, 0.1) is 11.2 Å². The van der Waals surface area contributed by atoms with Crippen LogP contribution in [0.3, 0.4) is 0 Å². The molecule has 1 atom stereocenters. The van der Waals surface area contributed by atoms with Gasteiger partial charge >= 0.3 is 0 Å². The van der Waals surface area contributed by atoms with E-state index in [0.29, 0.717) is 0 Å². The zero-order chi connectivity index (χ0) is 9.84. The molecule has 0 aliphatic carbocycles. The quantitative estimate of drug-likeness (QED) is 0.705. The summed E-state index contributed by atoms with van der Waals surface area (Å²) >= 11 is 2.70. The average molecular weight is 216 g/mol. The summed E-state index contributed by atoms with van der Waals surface area (Å²) in [5.74, 6) is -0.964. The Morgan fingerprint density at radius 3 is 2.77 bits per heavy atom. The van der Waals surface area contributed by atoms with Gasteiger partial charge < -0.3 is 9.90 Å². The SMILES string of the molecule is CC(C)[C@@H](Sc1nccs1)C(=O)[O-]. The molecular weight excluding hydrogens is 206 g/mol. The van der Waals surface area contributed by atoms with Gasteiger partial charge in [-0.2, -0.15) is 0 Å². The van der Waals surface area contributed by atoms with Crippen molar-refractivity contribution in [3.8, 4) is 0 Å². The minimum atomic E-state index is -1.02. The highest BCUT2D eigenvalue weighted by Crippen LogP contribution is 2.28. The van der Waals surface area contributed by atoms with Crippen LogP contribution in [0, 0.1) is 5.92 Å². The molecule has 0 bridgehead atoms. The highest BCUT2D eigenvalue weighted by Gasteiger charge is 2.17. The summed E-state index contributed by atoms with van der Waals surface area (Å²) in [6.07, 6.45) is 1.67. The molecule has 5 heteroatoms. The number of carbonyl (C=O) groups is 1. The first-order valence-corrected chi connectivity index (χ1v) is 5.64. The predicted molar refractivity (Wildman–Crippen MR) is 51.6 cm³/mol. The lowest BCUT2D eigenvalue weighted by atomic mass is 10.1. The van der Waals surface area contributed by atoms with Crippen LogP contribution in [-0.4, -0.2) is 16.2 Å². The lowest BCUT2D eigenvalue weighted by Crippen LogP contribution is -2.36. The van der Waals surface area contributed by atoms with E-state index in [2.05, 4.69) is 4.98 Å². The summed E-state index contributed by atoms with van der Waals surface area (Å²) in [4.78, 5) is 14.7. The van der Waals surface area contributed by atoms with E-state index in [1.165, 1.54) is 23.1 Å². The monoisotopic (exact) mass is 216 g/mol. The van der Waals surface area contributed by atoms with Crippen LogP contribution in [0.25, 0.3) is 0 Å². The van der Waals surface area contributed by atoms with E-state index >= 15 is 0 Å². The Morgan fingerprint density at radius 1 is 1.69 bits per heavy atom. The second kappa shape index (κ2) is 4.62. The van der Waals surface area contributed by atoms with Crippen molar-refractivity contribution in [2.45, 2.75) is 23.4 Å². The number of carboxylic acids is 1. The average Bonchev–Trinajstić information content (AvgIpc) is 2.50. The molecule has 72 valence electrons. The molecule has 0 fully saturated rings. The summed E-state index contributed by atoms with van der Waals surface area (Å²) in [5, 5.41) is 12.0. The van der Waals surface area contributed by atoms with Crippen LogP contribution >= 0.6 is 23.1 Å². The molecule has 0 radical (unpaired) electrons. The molecule has 0 aromatic carbocycles. The minimum absolute atomic E-state index is 0.0545. The number of thioether (sulfide) groups is 1. The van der Waals surface area contributed by atoms with E-state index in [-0.39, 0.29) is 5.92 Å². The molecule has 0 unspecified atom stereocenters. The van der Waals surface area contributed by atoms with Gasteiger partial charge in [-0.1, -0.05) is 25.6 Å². The third-order valence-corrected chi connectivity index (χ3v) is 3.92. The third kappa shape index (κ3) is 3.00. The van der Waals surface area contributed by atoms with Crippen molar-refractivity contribution in [1.82, 2.24) is 4.98 Å². The van der Waals surface area contributed by atoms with E-state index < -0.39 is 11.2 Å². The Kier molecular flexibility index (Phi) is 3.74. The fraction of sp³-hybridized carbons (Fsp3) is 0.500. The van der Waals surface area contributed by atoms with Crippen molar-refractivity contribution in [2.24, 2.45) is 5.92 Å². The second-order valence-electron chi connectivity index (χ2n) is 2.90. The van der Waals surface area contributed by atoms with Crippen LogP contribution in [0.1, 0.15) is 13.8 Å². The largest absolute Gasteiger partial charge is 0.549 e. The van der Waals surface area contributed by atoms with Crippen LogP contribution in [0.5, 0.6) is 0 Å². The topological polar surface area (TPSA) is 53.0 Å². The smallest absolute Gasteiger partial charge is 0.150 e. The van der Waals surface area contributed by atoms with E-state index in [0.717, 1.165) is 4.34 Å². The predicted octanol–water partition coefficient (Wildman–Crippen LogP) is 1.01. The Hall–Kier alpha value is -0.550. The Balaban J connectivity index is 2.63. The van der Waals surface area contributed by atoms with Gasteiger partial charge in [-0.25, -0.2) is 4.98 Å². The van der Waals surface area contributed by atoms with Gasteiger partial charge in [0.1, 0.15) is 4.34 Å². The van der Waals surface area contributed by atoms with Gasteiger partial charge in [-0.15, -0.1) is 11.3 Å². The number of aromatic nitrogens is 1. The van der Waals surface area contributed by atoms with Gasteiger partial charge in [0.25, 0.3) is 0 Å². The maximum atomic E-state index is 10.7. The number of carboxylic acid groups (broad SMARTS) is 1. The summed E-state index contributed by atoms with van der Waals surface area (Å²) < 4.78 is 0.780. The maximum Gasteiger partial charge on any atom is 0.150 e. The number of aliphatic carboxylic acids is 1. The molecule has 1 aromatic heterocycles. The van der Waals surface area contributed by atoms with Crippen molar-refractivity contribution in [3.05, 3.63) is 11.6 Å². The molecule has 0 aliphatic heterocycles. The second-order valence-corrected chi connectivity index (χ2v) is 5.18. The summed E-state index contributed by atoms with van der Waals surface area (Å²) in [5.41, 5.74) is 0. The molecule has 0 saturated heterocycles. The van der Waals surface area contributed by atoms with Gasteiger partial charge in [0.2, 0.25) is 0 Å². The van der Waals surface area contributed by atoms with Crippen LogP contribution in [0.2, 0.25) is 0 Å². The normalized spacial score (nSPS) is 13.2. The van der Waals surface area contributed by atoms with Crippen LogP contribution in [-0.2, 0) is 4.79 Å². The number of hydrogen-bond acceptors (Lipinski definition) is 5. The standard InChI is InChI=1S/C8H11NO2S2/c1-5(2)6(7(10)11)13-8-9-3-4-12-8/h3-6H,1-2H3,(H,10,11)/p-1/t6-/m1/s1. The number of thiazole rings is 1. The van der Waals surface area contributed by atoms with E-state index in [9.17, 15) is 9.90 Å². The molecule has 1 rings (SSSR count). The van der Waals surface area contributed by atoms with Gasteiger partial charge in [0, 0.05) is 11.6 Å². The van der Waals surface area contributed by atoms with E-state index in [4.69, 9.17) is 0 Å². The zero-order valence-corrected chi connectivity index (χ0v) is 9.02. The maximum absolute atomic E-state index is 10.7. The Morgan fingerprint density at radius 2 is 2.38 bits per heavy atom. The summed E-state index contributed by atoms with van der Waals surface area (Å²) in [6.45, 7) is 3.72. The van der Waals surface area contributed by atoms with Crippen molar-refractivity contribution in [2.75, 3.05) is 0 Å². The lowest BCUT2D eigenvalue weighted by molar-refractivity contribution is -0.305. The molecule has 0 saturated carbocycles. The van der Waals surface area contributed by atoms with E-state index in [1.807, 2.05) is 19.2 Å².